The highest BCUT2D eigenvalue weighted by molar-refractivity contribution is 9.10. The van der Waals surface area contributed by atoms with E-state index in [0.29, 0.717) is 10.2 Å². The minimum Gasteiger partial charge on any atom is -0.258 e. The Bertz CT molecular complexity index is 533. The second-order valence-corrected chi connectivity index (χ2v) is 5.80. The minimum atomic E-state index is -0.400. The van der Waals surface area contributed by atoms with Crippen molar-refractivity contribution in [1.82, 2.24) is 9.36 Å². The fraction of sp³-hybridized carbons (Fsp3) is 0.111. The van der Waals surface area contributed by atoms with Crippen molar-refractivity contribution in [3.05, 3.63) is 44.7 Å². The van der Waals surface area contributed by atoms with E-state index in [1.54, 1.807) is 6.07 Å². The van der Waals surface area contributed by atoms with E-state index in [-0.39, 0.29) is 5.69 Å². The van der Waals surface area contributed by atoms with E-state index in [9.17, 15) is 10.1 Å². The number of benzene rings is 1. The number of hydrogen-bond acceptors (Lipinski definition) is 6. The number of nitrogens with zero attached hydrogens (tertiary/aromatic N) is 3. The molecule has 0 N–H and O–H groups in total. The van der Waals surface area contributed by atoms with Gasteiger partial charge in [-0.15, -0.1) is 0 Å². The van der Waals surface area contributed by atoms with E-state index in [1.165, 1.54) is 35.7 Å². The highest BCUT2D eigenvalue weighted by Crippen LogP contribution is 2.32. The number of nitro groups is 1. The largest absolute Gasteiger partial charge is 0.283 e. The van der Waals surface area contributed by atoms with Crippen LogP contribution >= 0.6 is 39.2 Å². The number of thioether (sulfide) groups is 1. The average molecular weight is 332 g/mol. The molecule has 17 heavy (non-hydrogen) atoms. The second-order valence-electron chi connectivity index (χ2n) is 3.00. The van der Waals surface area contributed by atoms with Gasteiger partial charge in [-0.25, -0.2) is 4.98 Å². The standard InChI is InChI=1S/C9H6BrN3O2S2/c10-8-6(2-1-3-7(8)13(14)15)4-16-9-11-5-12-17-9/h1-3,5H,4H2. The van der Waals surface area contributed by atoms with Crippen LogP contribution in [0.5, 0.6) is 0 Å². The van der Waals surface area contributed by atoms with Crippen LogP contribution in [0, 0.1) is 10.1 Å². The lowest BCUT2D eigenvalue weighted by Gasteiger charge is -2.02. The van der Waals surface area contributed by atoms with Gasteiger partial charge in [0.15, 0.2) is 4.34 Å². The number of hydrogen-bond donors (Lipinski definition) is 0. The van der Waals surface area contributed by atoms with Gasteiger partial charge in [0.25, 0.3) is 5.69 Å². The van der Waals surface area contributed by atoms with Crippen LogP contribution in [-0.2, 0) is 5.75 Å². The molecule has 0 bridgehead atoms. The van der Waals surface area contributed by atoms with Gasteiger partial charge in [-0.05, 0) is 33.0 Å². The molecule has 8 heteroatoms. The SMILES string of the molecule is O=[N+]([O-])c1cccc(CSc2ncns2)c1Br. The van der Waals surface area contributed by atoms with Crippen molar-refractivity contribution >= 4 is 44.9 Å². The first kappa shape index (κ1) is 12.5. The molecule has 0 fully saturated rings. The molecule has 1 aromatic heterocycles. The molecule has 88 valence electrons. The zero-order valence-electron chi connectivity index (χ0n) is 8.37. The summed E-state index contributed by atoms with van der Waals surface area (Å²) in [5.41, 5.74) is 0.958. The summed E-state index contributed by atoms with van der Waals surface area (Å²) in [5.74, 6) is 0.622. The number of aromatic nitrogens is 2. The van der Waals surface area contributed by atoms with Gasteiger partial charge in [-0.3, -0.25) is 10.1 Å². The summed E-state index contributed by atoms with van der Waals surface area (Å²) >= 11 is 6.08. The van der Waals surface area contributed by atoms with Gasteiger partial charge in [0.2, 0.25) is 0 Å². The molecule has 0 spiro atoms. The van der Waals surface area contributed by atoms with Crippen LogP contribution in [0.4, 0.5) is 5.69 Å². The highest BCUT2D eigenvalue weighted by atomic mass is 79.9. The third-order valence-electron chi connectivity index (χ3n) is 1.95. The van der Waals surface area contributed by atoms with Crippen LogP contribution in [0.2, 0.25) is 0 Å². The van der Waals surface area contributed by atoms with Crippen LogP contribution in [-0.4, -0.2) is 14.3 Å². The summed E-state index contributed by atoms with van der Waals surface area (Å²) < 4.78 is 5.27. The minimum absolute atomic E-state index is 0.0837. The molecule has 5 nitrogen and oxygen atoms in total. The monoisotopic (exact) mass is 331 g/mol. The smallest absolute Gasteiger partial charge is 0.258 e. The lowest BCUT2D eigenvalue weighted by Crippen LogP contribution is -1.92. The molecule has 0 amide bonds. The molecule has 2 aromatic rings. The molecule has 1 aromatic carbocycles. The van der Waals surface area contributed by atoms with E-state index >= 15 is 0 Å². The van der Waals surface area contributed by atoms with E-state index in [1.807, 2.05) is 6.07 Å². The predicted molar refractivity (Wildman–Crippen MR) is 70.3 cm³/mol. The summed E-state index contributed by atoms with van der Waals surface area (Å²) in [5, 5.41) is 10.8. The second kappa shape index (κ2) is 5.56. The summed E-state index contributed by atoms with van der Waals surface area (Å²) in [6.07, 6.45) is 1.50. The van der Waals surface area contributed by atoms with E-state index in [2.05, 4.69) is 25.3 Å². The molecule has 0 atom stereocenters. The Morgan fingerprint density at radius 3 is 3.00 bits per heavy atom. The first-order chi connectivity index (χ1) is 8.18. The van der Waals surface area contributed by atoms with E-state index in [0.717, 1.165) is 9.90 Å². The average Bonchev–Trinajstić information content (AvgIpc) is 2.80. The van der Waals surface area contributed by atoms with Crippen LogP contribution in [0.3, 0.4) is 0 Å². The third kappa shape index (κ3) is 3.02. The maximum atomic E-state index is 10.8. The first-order valence-electron chi connectivity index (χ1n) is 4.49. The predicted octanol–water partition coefficient (Wildman–Crippen LogP) is 3.50. The summed E-state index contributed by atoms with van der Waals surface area (Å²) in [6.45, 7) is 0. The highest BCUT2D eigenvalue weighted by Gasteiger charge is 2.14. The summed E-state index contributed by atoms with van der Waals surface area (Å²) in [6, 6.07) is 5.01. The molecular weight excluding hydrogens is 326 g/mol. The van der Waals surface area contributed by atoms with Gasteiger partial charge in [0.1, 0.15) is 6.33 Å². The van der Waals surface area contributed by atoms with Gasteiger partial charge in [0.05, 0.1) is 9.40 Å². The first-order valence-corrected chi connectivity index (χ1v) is 7.05. The molecule has 0 unspecified atom stereocenters. The lowest BCUT2D eigenvalue weighted by atomic mass is 10.2. The van der Waals surface area contributed by atoms with Gasteiger partial charge in [-0.2, -0.15) is 4.37 Å². The normalized spacial score (nSPS) is 10.4. The van der Waals surface area contributed by atoms with Gasteiger partial charge in [-0.1, -0.05) is 23.9 Å². The molecule has 0 radical (unpaired) electrons. The lowest BCUT2D eigenvalue weighted by molar-refractivity contribution is -0.385. The van der Waals surface area contributed by atoms with Gasteiger partial charge < -0.3 is 0 Å². The van der Waals surface area contributed by atoms with Crippen molar-refractivity contribution in [2.24, 2.45) is 0 Å². The van der Waals surface area contributed by atoms with Crippen LogP contribution in [0.25, 0.3) is 0 Å². The van der Waals surface area contributed by atoms with Crippen molar-refractivity contribution < 1.29 is 4.92 Å². The van der Waals surface area contributed by atoms with Gasteiger partial charge in [0, 0.05) is 11.8 Å². The summed E-state index contributed by atoms with van der Waals surface area (Å²) in [7, 11) is 0. The Balaban J connectivity index is 2.16. The van der Waals surface area contributed by atoms with Gasteiger partial charge >= 0.3 is 0 Å². The molecule has 2 rings (SSSR count). The Kier molecular flexibility index (Phi) is 4.08. The zero-order valence-corrected chi connectivity index (χ0v) is 11.6. The fourth-order valence-corrected chi connectivity index (χ4v) is 3.36. The molecular formula is C9H6BrN3O2S2. The third-order valence-corrected chi connectivity index (χ3v) is 4.71. The Labute approximate surface area is 114 Å². The Morgan fingerprint density at radius 1 is 1.53 bits per heavy atom. The van der Waals surface area contributed by atoms with Crippen LogP contribution < -0.4 is 0 Å². The maximum Gasteiger partial charge on any atom is 0.283 e. The van der Waals surface area contributed by atoms with Crippen molar-refractivity contribution in [1.29, 1.82) is 0 Å². The fourth-order valence-electron chi connectivity index (χ4n) is 1.18. The summed E-state index contributed by atoms with van der Waals surface area (Å²) in [4.78, 5) is 14.4. The Morgan fingerprint density at radius 2 is 2.35 bits per heavy atom. The number of rotatable bonds is 4. The molecule has 0 saturated heterocycles. The molecule has 0 saturated carbocycles. The molecule has 0 aliphatic rings. The molecule has 0 aliphatic heterocycles. The van der Waals surface area contributed by atoms with E-state index < -0.39 is 4.92 Å². The van der Waals surface area contributed by atoms with Crippen LogP contribution in [0.1, 0.15) is 5.56 Å². The maximum absolute atomic E-state index is 10.8. The van der Waals surface area contributed by atoms with Crippen molar-refractivity contribution in [3.63, 3.8) is 0 Å². The topological polar surface area (TPSA) is 68.9 Å². The van der Waals surface area contributed by atoms with Crippen molar-refractivity contribution in [2.45, 2.75) is 10.1 Å². The molecule has 0 aliphatic carbocycles. The number of halogens is 1. The van der Waals surface area contributed by atoms with Crippen LogP contribution in [0.15, 0.2) is 33.3 Å². The number of nitro benzene ring substituents is 1. The van der Waals surface area contributed by atoms with Crippen molar-refractivity contribution in [2.75, 3.05) is 0 Å². The Hall–Kier alpha value is -0.990. The quantitative estimate of drug-likeness (QED) is 0.487. The van der Waals surface area contributed by atoms with E-state index in [4.69, 9.17) is 0 Å². The molecule has 1 heterocycles. The zero-order chi connectivity index (χ0) is 12.3. The van der Waals surface area contributed by atoms with Crippen molar-refractivity contribution in [3.8, 4) is 0 Å².